The molecule has 0 amide bonds. The number of nitrogens with zero attached hydrogens (tertiary/aromatic N) is 3. The van der Waals surface area contributed by atoms with E-state index < -0.39 is 0 Å². The Bertz CT molecular complexity index is 331. The number of halogens is 1. The van der Waals surface area contributed by atoms with Crippen LogP contribution in [0.2, 0.25) is 0 Å². The number of aromatic nitrogens is 1. The Kier molecular flexibility index (Phi) is 5.66. The number of anilines is 1. The molecule has 1 fully saturated rings. The summed E-state index contributed by atoms with van der Waals surface area (Å²) in [5, 5.41) is 0. The summed E-state index contributed by atoms with van der Waals surface area (Å²) in [5.74, 6) is 1.13. The first-order chi connectivity index (χ1) is 7.73. The molecule has 1 unspecified atom stereocenters. The van der Waals surface area contributed by atoms with Crippen LogP contribution >= 0.6 is 0 Å². The van der Waals surface area contributed by atoms with Crippen LogP contribution in [-0.4, -0.2) is 49.2 Å². The van der Waals surface area contributed by atoms with Gasteiger partial charge in [0.05, 0.1) is 33.2 Å². The summed E-state index contributed by atoms with van der Waals surface area (Å²) < 4.78 is 1.20. The number of rotatable bonds is 2. The van der Waals surface area contributed by atoms with Gasteiger partial charge in [-0.15, -0.1) is 0 Å². The SMILES string of the molecule is CC[N+]1(C)CCCN(c2ccccn2)CC1.[I-]. The van der Waals surface area contributed by atoms with E-state index >= 15 is 0 Å². The fraction of sp³-hybridized carbons (Fsp3) is 0.615. The number of hydrogen-bond acceptors (Lipinski definition) is 2. The molecular weight excluding hydrogens is 325 g/mol. The standard InChI is InChI=1S/C13H22N3.HI/c1-3-16(2)11-6-9-15(10-12-16)13-7-4-5-8-14-13;/h4-5,7-8H,3,6,9-12H2,1-2H3;1H/q+1;/p-1. The van der Waals surface area contributed by atoms with Crippen molar-refractivity contribution >= 4 is 5.82 Å². The van der Waals surface area contributed by atoms with Crippen molar-refractivity contribution in [2.75, 3.05) is 44.7 Å². The van der Waals surface area contributed by atoms with Gasteiger partial charge in [-0.1, -0.05) is 6.07 Å². The Morgan fingerprint density at radius 1 is 1.29 bits per heavy atom. The molecule has 2 rings (SSSR count). The summed E-state index contributed by atoms with van der Waals surface area (Å²) in [4.78, 5) is 6.85. The molecule has 96 valence electrons. The summed E-state index contributed by atoms with van der Waals surface area (Å²) in [5.41, 5.74) is 0. The minimum absolute atomic E-state index is 0. The van der Waals surface area contributed by atoms with Crippen molar-refractivity contribution in [3.8, 4) is 0 Å². The van der Waals surface area contributed by atoms with Crippen molar-refractivity contribution in [2.45, 2.75) is 13.3 Å². The highest BCUT2D eigenvalue weighted by atomic mass is 127. The smallest absolute Gasteiger partial charge is 0.128 e. The van der Waals surface area contributed by atoms with Crippen molar-refractivity contribution in [1.29, 1.82) is 0 Å². The maximum Gasteiger partial charge on any atom is 0.128 e. The van der Waals surface area contributed by atoms with E-state index in [0.717, 1.165) is 18.9 Å². The molecule has 1 aliphatic heterocycles. The van der Waals surface area contributed by atoms with Crippen molar-refractivity contribution in [2.24, 2.45) is 0 Å². The van der Waals surface area contributed by atoms with Crippen LogP contribution in [-0.2, 0) is 0 Å². The quantitative estimate of drug-likeness (QED) is 0.492. The van der Waals surface area contributed by atoms with Crippen LogP contribution in [0.1, 0.15) is 13.3 Å². The first kappa shape index (κ1) is 14.7. The predicted molar refractivity (Wildman–Crippen MR) is 67.5 cm³/mol. The fourth-order valence-electron chi connectivity index (χ4n) is 2.32. The third-order valence-electron chi connectivity index (χ3n) is 3.77. The zero-order chi connectivity index (χ0) is 11.4. The normalized spacial score (nSPS) is 24.9. The highest BCUT2D eigenvalue weighted by molar-refractivity contribution is 5.37. The highest BCUT2D eigenvalue weighted by Crippen LogP contribution is 2.15. The molecule has 2 heterocycles. The lowest BCUT2D eigenvalue weighted by Crippen LogP contribution is -3.00. The van der Waals surface area contributed by atoms with Crippen LogP contribution in [0.3, 0.4) is 0 Å². The first-order valence-electron chi connectivity index (χ1n) is 6.23. The molecule has 0 bridgehead atoms. The minimum Gasteiger partial charge on any atom is -1.00 e. The van der Waals surface area contributed by atoms with Gasteiger partial charge in [-0.25, -0.2) is 4.98 Å². The van der Waals surface area contributed by atoms with E-state index in [1.54, 1.807) is 0 Å². The van der Waals surface area contributed by atoms with Gasteiger partial charge in [-0.3, -0.25) is 0 Å². The second-order valence-corrected chi connectivity index (χ2v) is 4.91. The molecule has 3 nitrogen and oxygen atoms in total. The van der Waals surface area contributed by atoms with Crippen molar-refractivity contribution in [1.82, 2.24) is 4.98 Å². The topological polar surface area (TPSA) is 16.1 Å². The third kappa shape index (κ3) is 3.81. The number of quaternary nitrogens is 1. The zero-order valence-electron chi connectivity index (χ0n) is 10.8. The summed E-state index contributed by atoms with van der Waals surface area (Å²) in [6.45, 7) is 8.31. The second-order valence-electron chi connectivity index (χ2n) is 4.91. The van der Waals surface area contributed by atoms with Gasteiger partial charge in [0.1, 0.15) is 5.82 Å². The molecule has 1 aromatic rings. The Hall–Kier alpha value is -0.360. The number of hydrogen-bond donors (Lipinski definition) is 0. The molecule has 0 aliphatic carbocycles. The summed E-state index contributed by atoms with van der Waals surface area (Å²) in [6, 6.07) is 6.16. The van der Waals surface area contributed by atoms with Gasteiger partial charge in [-0.2, -0.15) is 0 Å². The molecule has 1 saturated heterocycles. The Morgan fingerprint density at radius 2 is 2.12 bits per heavy atom. The van der Waals surface area contributed by atoms with Crippen LogP contribution in [0, 0.1) is 0 Å². The average Bonchev–Trinajstić information content (AvgIpc) is 2.53. The van der Waals surface area contributed by atoms with E-state index in [4.69, 9.17) is 0 Å². The summed E-state index contributed by atoms with van der Waals surface area (Å²) in [7, 11) is 2.36. The van der Waals surface area contributed by atoms with E-state index in [9.17, 15) is 0 Å². The lowest BCUT2D eigenvalue weighted by Gasteiger charge is -2.32. The van der Waals surface area contributed by atoms with E-state index in [1.807, 2.05) is 12.3 Å². The van der Waals surface area contributed by atoms with Crippen molar-refractivity contribution in [3.63, 3.8) is 0 Å². The minimum atomic E-state index is 0. The molecule has 1 aliphatic rings. The first-order valence-corrected chi connectivity index (χ1v) is 6.23. The van der Waals surface area contributed by atoms with Gasteiger partial charge in [0.25, 0.3) is 0 Å². The van der Waals surface area contributed by atoms with E-state index in [2.05, 4.69) is 36.0 Å². The predicted octanol–water partition coefficient (Wildman–Crippen LogP) is -1.24. The molecule has 17 heavy (non-hydrogen) atoms. The average molecular weight is 347 g/mol. The van der Waals surface area contributed by atoms with E-state index in [-0.39, 0.29) is 24.0 Å². The zero-order valence-corrected chi connectivity index (χ0v) is 12.9. The molecule has 0 aromatic carbocycles. The Labute approximate surface area is 121 Å². The second kappa shape index (κ2) is 6.54. The van der Waals surface area contributed by atoms with Gasteiger partial charge in [-0.05, 0) is 19.1 Å². The summed E-state index contributed by atoms with van der Waals surface area (Å²) in [6.07, 6.45) is 3.15. The molecule has 0 spiro atoms. The van der Waals surface area contributed by atoms with Crippen LogP contribution in [0.4, 0.5) is 5.82 Å². The fourth-order valence-corrected chi connectivity index (χ4v) is 2.32. The Balaban J connectivity index is 0.00000144. The maximum absolute atomic E-state index is 4.44. The molecule has 1 atom stereocenters. The largest absolute Gasteiger partial charge is 1.00 e. The lowest BCUT2D eigenvalue weighted by molar-refractivity contribution is -0.905. The van der Waals surface area contributed by atoms with Gasteiger partial charge in [0.15, 0.2) is 0 Å². The van der Waals surface area contributed by atoms with Crippen LogP contribution in [0.25, 0.3) is 0 Å². The molecule has 0 radical (unpaired) electrons. The molecule has 4 heteroatoms. The third-order valence-corrected chi connectivity index (χ3v) is 3.77. The van der Waals surface area contributed by atoms with Crippen LogP contribution in [0.15, 0.2) is 24.4 Å². The van der Waals surface area contributed by atoms with Crippen molar-refractivity contribution in [3.05, 3.63) is 24.4 Å². The monoisotopic (exact) mass is 347 g/mol. The molecule has 0 N–H and O–H groups in total. The van der Waals surface area contributed by atoms with Crippen molar-refractivity contribution < 1.29 is 28.5 Å². The van der Waals surface area contributed by atoms with Gasteiger partial charge >= 0.3 is 0 Å². The van der Waals surface area contributed by atoms with Gasteiger partial charge in [0.2, 0.25) is 0 Å². The van der Waals surface area contributed by atoms with Crippen LogP contribution < -0.4 is 28.9 Å². The lowest BCUT2D eigenvalue weighted by atomic mass is 10.3. The highest BCUT2D eigenvalue weighted by Gasteiger charge is 2.24. The van der Waals surface area contributed by atoms with Gasteiger partial charge < -0.3 is 33.4 Å². The van der Waals surface area contributed by atoms with E-state index in [1.165, 1.54) is 30.5 Å². The molecular formula is C13H22IN3. The molecule has 0 saturated carbocycles. The number of likely N-dealkylation sites (N-methyl/N-ethyl adjacent to an activating group) is 1. The number of pyridine rings is 1. The maximum atomic E-state index is 4.44. The van der Waals surface area contributed by atoms with E-state index in [0.29, 0.717) is 0 Å². The molecule has 1 aromatic heterocycles. The summed E-state index contributed by atoms with van der Waals surface area (Å²) >= 11 is 0. The van der Waals surface area contributed by atoms with Gasteiger partial charge in [0, 0.05) is 19.2 Å². The Morgan fingerprint density at radius 3 is 2.76 bits per heavy atom. The van der Waals surface area contributed by atoms with Crippen LogP contribution in [0.5, 0.6) is 0 Å².